The molecule has 148 valence electrons. The number of esters is 2. The van der Waals surface area contributed by atoms with Gasteiger partial charge in [0.15, 0.2) is 0 Å². The third-order valence-electron chi connectivity index (χ3n) is 4.78. The first-order valence-electron chi connectivity index (χ1n) is 8.88. The Morgan fingerprint density at radius 2 is 2.15 bits per heavy atom. The number of fused-ring (bicyclic) bond motifs is 1. The Balaban J connectivity index is 2.38. The summed E-state index contributed by atoms with van der Waals surface area (Å²) in [5.41, 5.74) is 1.85. The van der Waals surface area contributed by atoms with Crippen molar-refractivity contribution in [2.24, 2.45) is 5.92 Å². The summed E-state index contributed by atoms with van der Waals surface area (Å²) >= 11 is 0. The molecule has 3 N–H and O–H groups in total. The van der Waals surface area contributed by atoms with E-state index in [1.54, 1.807) is 6.08 Å². The molecule has 3 atom stereocenters. The van der Waals surface area contributed by atoms with Crippen LogP contribution in [0.25, 0.3) is 0 Å². The van der Waals surface area contributed by atoms with Crippen LogP contribution >= 0.6 is 0 Å². The first-order valence-corrected chi connectivity index (χ1v) is 8.88. The van der Waals surface area contributed by atoms with Gasteiger partial charge in [0.2, 0.25) is 0 Å². The summed E-state index contributed by atoms with van der Waals surface area (Å²) in [6, 6.07) is 0. The summed E-state index contributed by atoms with van der Waals surface area (Å²) in [5.74, 6) is -1.93. The standard InChI is InChI=1S/C20H26O7/c1-12-4-3-5-14(10-22)9-17-18(13(2)19(24)26-17)16(8-12)27-20(25)15(11-23)6-7-21/h4,6,9,16-18,21-23H,2-3,5,7-8,10-11H2,1H3/b12-4+,14-9-,15-6+. The minimum Gasteiger partial charge on any atom is -0.458 e. The quantitative estimate of drug-likeness (QED) is 0.371. The maximum atomic E-state index is 12.4. The fourth-order valence-electron chi connectivity index (χ4n) is 3.31. The summed E-state index contributed by atoms with van der Waals surface area (Å²) in [7, 11) is 0. The Kier molecular flexibility index (Phi) is 7.53. The van der Waals surface area contributed by atoms with Crippen LogP contribution in [-0.2, 0) is 19.1 Å². The number of allylic oxidation sites excluding steroid dienone is 1. The maximum Gasteiger partial charge on any atom is 0.336 e. The molecular weight excluding hydrogens is 352 g/mol. The van der Waals surface area contributed by atoms with Gasteiger partial charge in [-0.05, 0) is 37.5 Å². The van der Waals surface area contributed by atoms with Crippen molar-refractivity contribution >= 4 is 11.9 Å². The van der Waals surface area contributed by atoms with Gasteiger partial charge < -0.3 is 24.8 Å². The van der Waals surface area contributed by atoms with Crippen LogP contribution in [0.1, 0.15) is 26.2 Å². The SMILES string of the molecule is C=C1C(=O)OC2/C=C(\CO)CC/C=C(\C)CC(OC(=O)/C(=C/CO)CO)C12. The van der Waals surface area contributed by atoms with Crippen LogP contribution in [0.3, 0.4) is 0 Å². The molecule has 7 heteroatoms. The number of aliphatic hydroxyl groups excluding tert-OH is 3. The van der Waals surface area contributed by atoms with Crippen LogP contribution in [0.2, 0.25) is 0 Å². The fourth-order valence-corrected chi connectivity index (χ4v) is 3.31. The molecule has 0 aromatic heterocycles. The highest BCUT2D eigenvalue weighted by Gasteiger charge is 2.44. The normalized spacial score (nSPS) is 30.5. The van der Waals surface area contributed by atoms with Crippen molar-refractivity contribution in [2.75, 3.05) is 19.8 Å². The van der Waals surface area contributed by atoms with E-state index < -0.39 is 43.3 Å². The van der Waals surface area contributed by atoms with Crippen LogP contribution < -0.4 is 0 Å². The Bertz CT molecular complexity index is 686. The zero-order chi connectivity index (χ0) is 20.0. The van der Waals surface area contributed by atoms with Crippen molar-refractivity contribution in [3.05, 3.63) is 47.1 Å². The van der Waals surface area contributed by atoms with Crippen LogP contribution in [0.15, 0.2) is 47.1 Å². The highest BCUT2D eigenvalue weighted by Crippen LogP contribution is 2.36. The van der Waals surface area contributed by atoms with Gasteiger partial charge in [0.1, 0.15) is 12.2 Å². The molecule has 0 aromatic rings. The van der Waals surface area contributed by atoms with Gasteiger partial charge in [-0.15, -0.1) is 0 Å². The zero-order valence-corrected chi connectivity index (χ0v) is 15.4. The average Bonchev–Trinajstić information content (AvgIpc) is 2.91. The third-order valence-corrected chi connectivity index (χ3v) is 4.78. The topological polar surface area (TPSA) is 113 Å². The monoisotopic (exact) mass is 378 g/mol. The summed E-state index contributed by atoms with van der Waals surface area (Å²) in [5, 5.41) is 27.9. The molecule has 1 saturated heterocycles. The third kappa shape index (κ3) is 5.15. The Hall–Kier alpha value is -2.22. The van der Waals surface area contributed by atoms with Crippen molar-refractivity contribution in [3.63, 3.8) is 0 Å². The van der Waals surface area contributed by atoms with E-state index in [-0.39, 0.29) is 17.8 Å². The molecule has 3 unspecified atom stereocenters. The van der Waals surface area contributed by atoms with Crippen LogP contribution in [0, 0.1) is 5.92 Å². The van der Waals surface area contributed by atoms with E-state index >= 15 is 0 Å². The Labute approximate surface area is 158 Å². The number of hydrogen-bond donors (Lipinski definition) is 3. The predicted molar refractivity (Wildman–Crippen MR) is 97.4 cm³/mol. The predicted octanol–water partition coefficient (Wildman–Crippen LogP) is 0.956. The summed E-state index contributed by atoms with van der Waals surface area (Å²) in [6.45, 7) is 4.57. The van der Waals surface area contributed by atoms with E-state index in [4.69, 9.17) is 14.6 Å². The molecule has 0 bridgehead atoms. The molecule has 1 aliphatic heterocycles. The number of rotatable bonds is 5. The second kappa shape index (κ2) is 9.64. The zero-order valence-electron chi connectivity index (χ0n) is 15.4. The molecule has 1 fully saturated rings. The molecule has 1 heterocycles. The van der Waals surface area contributed by atoms with E-state index in [0.717, 1.165) is 11.1 Å². The van der Waals surface area contributed by atoms with Gasteiger partial charge in [-0.3, -0.25) is 0 Å². The lowest BCUT2D eigenvalue weighted by molar-refractivity contribution is -0.147. The van der Waals surface area contributed by atoms with Crippen LogP contribution in [0.4, 0.5) is 0 Å². The second-order valence-corrected chi connectivity index (χ2v) is 6.71. The van der Waals surface area contributed by atoms with E-state index in [2.05, 4.69) is 6.58 Å². The fraction of sp³-hybridized carbons (Fsp3) is 0.500. The number of carbonyl (C=O) groups is 2. The van der Waals surface area contributed by atoms with Gasteiger partial charge in [0.25, 0.3) is 0 Å². The first-order chi connectivity index (χ1) is 12.9. The lowest BCUT2D eigenvalue weighted by Gasteiger charge is -2.27. The van der Waals surface area contributed by atoms with Crippen molar-refractivity contribution in [2.45, 2.75) is 38.4 Å². The van der Waals surface area contributed by atoms with Gasteiger partial charge in [-0.2, -0.15) is 0 Å². The molecule has 2 aliphatic rings. The molecule has 1 aliphatic carbocycles. The molecule has 0 amide bonds. The highest BCUT2D eigenvalue weighted by molar-refractivity contribution is 5.92. The van der Waals surface area contributed by atoms with Gasteiger partial charge >= 0.3 is 11.9 Å². The summed E-state index contributed by atoms with van der Waals surface area (Å²) in [6.07, 6.45) is 5.18. The molecule has 0 aromatic carbocycles. The minimum atomic E-state index is -0.765. The van der Waals surface area contributed by atoms with Gasteiger partial charge in [0.05, 0.1) is 31.3 Å². The molecule has 0 saturated carbocycles. The van der Waals surface area contributed by atoms with Crippen LogP contribution in [-0.4, -0.2) is 59.3 Å². The largest absolute Gasteiger partial charge is 0.458 e. The van der Waals surface area contributed by atoms with Crippen molar-refractivity contribution in [1.29, 1.82) is 0 Å². The maximum absolute atomic E-state index is 12.4. The van der Waals surface area contributed by atoms with Crippen molar-refractivity contribution in [3.8, 4) is 0 Å². The van der Waals surface area contributed by atoms with E-state index in [0.29, 0.717) is 19.3 Å². The first kappa shape index (κ1) is 21.1. The smallest absolute Gasteiger partial charge is 0.336 e. The van der Waals surface area contributed by atoms with Gasteiger partial charge in [-0.25, -0.2) is 9.59 Å². The molecule has 7 nitrogen and oxygen atoms in total. The van der Waals surface area contributed by atoms with Crippen LogP contribution in [0.5, 0.6) is 0 Å². The Morgan fingerprint density at radius 3 is 2.78 bits per heavy atom. The van der Waals surface area contributed by atoms with Crippen molar-refractivity contribution in [1.82, 2.24) is 0 Å². The van der Waals surface area contributed by atoms with E-state index in [9.17, 15) is 19.8 Å². The number of aliphatic hydroxyl groups is 3. The number of hydrogen-bond acceptors (Lipinski definition) is 7. The van der Waals surface area contributed by atoms with Gasteiger partial charge in [0, 0.05) is 12.0 Å². The Morgan fingerprint density at radius 1 is 1.41 bits per heavy atom. The summed E-state index contributed by atoms with van der Waals surface area (Å²) < 4.78 is 11.0. The molecular formula is C20H26O7. The summed E-state index contributed by atoms with van der Waals surface area (Å²) in [4.78, 5) is 24.5. The number of ether oxygens (including phenoxy) is 2. The van der Waals surface area contributed by atoms with Crippen molar-refractivity contribution < 1.29 is 34.4 Å². The highest BCUT2D eigenvalue weighted by atomic mass is 16.6. The lowest BCUT2D eigenvalue weighted by atomic mass is 9.85. The average molecular weight is 378 g/mol. The number of carbonyl (C=O) groups excluding carboxylic acids is 2. The molecule has 0 radical (unpaired) electrons. The van der Waals surface area contributed by atoms with Gasteiger partial charge in [-0.1, -0.05) is 18.2 Å². The minimum absolute atomic E-state index is 0.0600. The molecule has 2 rings (SSSR count). The second-order valence-electron chi connectivity index (χ2n) is 6.71. The lowest BCUT2D eigenvalue weighted by Crippen LogP contribution is -2.34. The van der Waals surface area contributed by atoms with E-state index in [1.165, 1.54) is 6.08 Å². The molecule has 0 spiro atoms. The van der Waals surface area contributed by atoms with E-state index in [1.807, 2.05) is 13.0 Å². The molecule has 27 heavy (non-hydrogen) atoms.